The molecule has 0 spiro atoms. The molecule has 2 atom stereocenters. The Morgan fingerprint density at radius 1 is 1.57 bits per heavy atom. The van der Waals surface area contributed by atoms with Gasteiger partial charge < -0.3 is 15.2 Å². The Hall–Kier alpha value is -2.14. The van der Waals surface area contributed by atoms with Crippen molar-refractivity contribution in [3.8, 4) is 0 Å². The van der Waals surface area contributed by atoms with Crippen molar-refractivity contribution in [1.82, 2.24) is 14.3 Å². The van der Waals surface area contributed by atoms with Crippen LogP contribution < -0.4 is 5.32 Å². The lowest BCUT2D eigenvalue weighted by Gasteiger charge is -2.49. The highest BCUT2D eigenvalue weighted by molar-refractivity contribution is 8.00. The largest absolute Gasteiger partial charge is 0.477 e. The predicted octanol–water partition coefficient (Wildman–Crippen LogP) is 0.136. The number of hydrogen-bond donors (Lipinski definition) is 2. The zero-order chi connectivity index (χ0) is 16.6. The van der Waals surface area contributed by atoms with Crippen LogP contribution >= 0.6 is 23.3 Å². The third-order valence-electron chi connectivity index (χ3n) is 3.34. The summed E-state index contributed by atoms with van der Waals surface area (Å²) in [6, 6.07) is -0.544. The summed E-state index contributed by atoms with van der Waals surface area (Å²) in [6.07, 6.45) is 1.38. The van der Waals surface area contributed by atoms with Crippen LogP contribution in [0.1, 0.15) is 6.92 Å². The molecule has 3 heterocycles. The molecule has 1 aromatic rings. The van der Waals surface area contributed by atoms with E-state index < -0.39 is 18.0 Å². The Labute approximate surface area is 138 Å². The fourth-order valence-electron chi connectivity index (χ4n) is 2.35. The molecule has 2 aliphatic rings. The summed E-state index contributed by atoms with van der Waals surface area (Å²) in [5.74, 6) is -1.69. The van der Waals surface area contributed by atoms with Crippen molar-refractivity contribution in [1.29, 1.82) is 0 Å². The first-order valence-electron chi connectivity index (χ1n) is 6.55. The number of rotatable bonds is 5. The number of anilines is 1. The Balaban J connectivity index is 1.79. The van der Waals surface area contributed by atoms with Crippen molar-refractivity contribution < 1.29 is 24.2 Å². The molecule has 3 rings (SSSR count). The van der Waals surface area contributed by atoms with Crippen LogP contribution in [0.4, 0.5) is 5.13 Å². The SMILES string of the molecule is CC(=O)OCC1=C(C(=O)O)N2C(=O)C(Nc3ncns3)[C@H]2SC1. The van der Waals surface area contributed by atoms with Gasteiger partial charge in [-0.2, -0.15) is 4.37 Å². The molecule has 0 aliphatic carbocycles. The van der Waals surface area contributed by atoms with Crippen LogP contribution in [0.5, 0.6) is 0 Å². The van der Waals surface area contributed by atoms with Gasteiger partial charge in [0.1, 0.15) is 30.0 Å². The highest BCUT2D eigenvalue weighted by Crippen LogP contribution is 2.41. The first kappa shape index (κ1) is 15.7. The van der Waals surface area contributed by atoms with E-state index >= 15 is 0 Å². The second kappa shape index (κ2) is 6.16. The van der Waals surface area contributed by atoms with Crippen LogP contribution in [0.3, 0.4) is 0 Å². The number of aromatic nitrogens is 2. The highest BCUT2D eigenvalue weighted by Gasteiger charge is 2.54. The van der Waals surface area contributed by atoms with E-state index in [4.69, 9.17) is 4.74 Å². The molecule has 1 unspecified atom stereocenters. The van der Waals surface area contributed by atoms with Gasteiger partial charge in [-0.25, -0.2) is 9.78 Å². The number of carboxylic acid groups (broad SMARTS) is 1. The molecule has 9 nitrogen and oxygen atoms in total. The summed E-state index contributed by atoms with van der Waals surface area (Å²) < 4.78 is 8.72. The van der Waals surface area contributed by atoms with Crippen LogP contribution in [-0.4, -0.2) is 61.0 Å². The molecule has 1 saturated heterocycles. The number of thioether (sulfide) groups is 1. The standard InChI is InChI=1S/C12H12N4O5S2/c1-5(17)21-2-6-3-22-10-7(15-12-13-4-14-23-12)9(18)16(10)8(6)11(19)20/h4,7,10H,2-3H2,1H3,(H,19,20)(H,13,14,15)/t7?,10-/m1/s1. The zero-order valence-electron chi connectivity index (χ0n) is 11.9. The summed E-state index contributed by atoms with van der Waals surface area (Å²) in [6.45, 7) is 1.12. The number of carboxylic acids is 1. The maximum atomic E-state index is 12.3. The normalized spacial score (nSPS) is 23.2. The third-order valence-corrected chi connectivity index (χ3v) is 5.28. The molecule has 0 bridgehead atoms. The number of carbonyl (C=O) groups excluding carboxylic acids is 2. The molecule has 2 aliphatic heterocycles. The van der Waals surface area contributed by atoms with Crippen molar-refractivity contribution in [3.05, 3.63) is 17.6 Å². The van der Waals surface area contributed by atoms with Crippen molar-refractivity contribution in [2.75, 3.05) is 17.7 Å². The molecule has 0 saturated carbocycles. The fraction of sp³-hybridized carbons (Fsp3) is 0.417. The van der Waals surface area contributed by atoms with E-state index in [1.54, 1.807) is 0 Å². The van der Waals surface area contributed by atoms with Gasteiger partial charge in [0.15, 0.2) is 0 Å². The average Bonchev–Trinajstić information content (AvgIpc) is 3.02. The number of carbonyl (C=O) groups is 3. The molecule has 1 aromatic heterocycles. The first-order valence-corrected chi connectivity index (χ1v) is 8.38. The number of nitrogens with one attached hydrogen (secondary N) is 1. The molecule has 0 aromatic carbocycles. The van der Waals surface area contributed by atoms with Crippen LogP contribution in [0.25, 0.3) is 0 Å². The van der Waals surface area contributed by atoms with Crippen LogP contribution in [0.15, 0.2) is 17.6 Å². The third kappa shape index (κ3) is 2.88. The van der Waals surface area contributed by atoms with Gasteiger partial charge in [0.2, 0.25) is 5.13 Å². The number of amides is 1. The number of fused-ring (bicyclic) bond motifs is 1. The maximum Gasteiger partial charge on any atom is 0.352 e. The summed E-state index contributed by atoms with van der Waals surface area (Å²) in [5.41, 5.74) is 0.312. The fourth-order valence-corrected chi connectivity index (χ4v) is 4.15. The molecular weight excluding hydrogens is 344 g/mol. The van der Waals surface area contributed by atoms with E-state index in [-0.39, 0.29) is 23.6 Å². The molecule has 122 valence electrons. The second-order valence-corrected chi connectivity index (χ2v) is 6.70. The maximum absolute atomic E-state index is 12.3. The van der Waals surface area contributed by atoms with Crippen molar-refractivity contribution in [2.24, 2.45) is 0 Å². The molecule has 1 fully saturated rings. The number of esters is 1. The van der Waals surface area contributed by atoms with Crippen LogP contribution in [0.2, 0.25) is 0 Å². The van der Waals surface area contributed by atoms with Gasteiger partial charge >= 0.3 is 11.9 Å². The van der Waals surface area contributed by atoms with Gasteiger partial charge in [-0.05, 0) is 0 Å². The number of aliphatic carboxylic acids is 1. The van der Waals surface area contributed by atoms with Crippen molar-refractivity contribution in [3.63, 3.8) is 0 Å². The van der Waals surface area contributed by atoms with Crippen LogP contribution in [-0.2, 0) is 19.1 Å². The summed E-state index contributed by atoms with van der Waals surface area (Å²) in [7, 11) is 0. The molecular formula is C12H12N4O5S2. The lowest BCUT2D eigenvalue weighted by Crippen LogP contribution is -2.67. The Bertz CT molecular complexity index is 690. The van der Waals surface area contributed by atoms with Gasteiger partial charge in [-0.1, -0.05) is 0 Å². The van der Waals surface area contributed by atoms with Gasteiger partial charge in [-0.3, -0.25) is 14.5 Å². The van der Waals surface area contributed by atoms with E-state index in [1.165, 1.54) is 29.9 Å². The van der Waals surface area contributed by atoms with E-state index in [0.717, 1.165) is 11.5 Å². The number of hydrogen-bond acceptors (Lipinski definition) is 9. The Kier molecular flexibility index (Phi) is 4.22. The molecule has 2 N–H and O–H groups in total. The molecule has 23 heavy (non-hydrogen) atoms. The molecule has 11 heteroatoms. The predicted molar refractivity (Wildman–Crippen MR) is 81.7 cm³/mol. The van der Waals surface area contributed by atoms with E-state index in [1.807, 2.05) is 0 Å². The topological polar surface area (TPSA) is 122 Å². The Morgan fingerprint density at radius 2 is 2.35 bits per heavy atom. The molecule has 0 radical (unpaired) electrons. The number of ether oxygens (including phenoxy) is 1. The van der Waals surface area contributed by atoms with Crippen molar-refractivity contribution in [2.45, 2.75) is 18.3 Å². The minimum Gasteiger partial charge on any atom is -0.477 e. The molecule has 1 amide bonds. The van der Waals surface area contributed by atoms with E-state index in [9.17, 15) is 19.5 Å². The highest BCUT2D eigenvalue weighted by atomic mass is 32.2. The zero-order valence-corrected chi connectivity index (χ0v) is 13.5. The minimum atomic E-state index is -1.21. The smallest absolute Gasteiger partial charge is 0.352 e. The number of β-lactam (4-membered cyclic amide) rings is 1. The lowest BCUT2D eigenvalue weighted by molar-refractivity contribution is -0.147. The quantitative estimate of drug-likeness (QED) is 0.560. The van der Waals surface area contributed by atoms with E-state index in [0.29, 0.717) is 16.5 Å². The summed E-state index contributed by atoms with van der Waals surface area (Å²) >= 11 is 2.54. The summed E-state index contributed by atoms with van der Waals surface area (Å²) in [5, 5.41) is 12.6. The van der Waals surface area contributed by atoms with Gasteiger partial charge in [0, 0.05) is 29.8 Å². The van der Waals surface area contributed by atoms with Gasteiger partial charge in [-0.15, -0.1) is 11.8 Å². The first-order chi connectivity index (χ1) is 11.0. The Morgan fingerprint density at radius 3 is 2.96 bits per heavy atom. The van der Waals surface area contributed by atoms with E-state index in [2.05, 4.69) is 14.7 Å². The van der Waals surface area contributed by atoms with Crippen molar-refractivity contribution >= 4 is 46.3 Å². The van der Waals surface area contributed by atoms with Gasteiger partial charge in [0.25, 0.3) is 5.91 Å². The second-order valence-electron chi connectivity index (χ2n) is 4.82. The summed E-state index contributed by atoms with van der Waals surface area (Å²) in [4.78, 5) is 40.0. The van der Waals surface area contributed by atoms with Crippen LogP contribution in [0, 0.1) is 0 Å². The monoisotopic (exact) mass is 356 g/mol. The average molecular weight is 356 g/mol. The lowest BCUT2D eigenvalue weighted by atomic mass is 10.0. The number of nitrogens with zero attached hydrogens (tertiary/aromatic N) is 3. The van der Waals surface area contributed by atoms with Gasteiger partial charge in [0.05, 0.1) is 0 Å². The minimum absolute atomic E-state index is 0.102.